The number of methoxy groups -OCH3 is 1. The van der Waals surface area contributed by atoms with Gasteiger partial charge in [0.2, 0.25) is 0 Å². The van der Waals surface area contributed by atoms with Gasteiger partial charge in [-0.1, -0.05) is 48.5 Å². The molecule has 0 saturated heterocycles. The molecule has 1 fully saturated rings. The second kappa shape index (κ2) is 10.6. The molecule has 4 aromatic rings. The summed E-state index contributed by atoms with van der Waals surface area (Å²) in [5.74, 6) is -0.479. The average Bonchev–Trinajstić information content (AvgIpc) is 3.23. The van der Waals surface area contributed by atoms with Crippen LogP contribution in [-0.2, 0) is 18.3 Å². The van der Waals surface area contributed by atoms with E-state index in [1.54, 1.807) is 48.0 Å². The summed E-state index contributed by atoms with van der Waals surface area (Å²) in [5.41, 5.74) is 6.56. The number of hydrogen-bond acceptors (Lipinski definition) is 6. The lowest BCUT2D eigenvalue weighted by molar-refractivity contribution is 0.0685. The third-order valence-corrected chi connectivity index (χ3v) is 7.32. The second-order valence-electron chi connectivity index (χ2n) is 9.76. The molecule has 1 aliphatic carbocycles. The number of nitrogens with zero attached hydrogens (tertiary/aromatic N) is 2. The van der Waals surface area contributed by atoms with E-state index in [1.807, 2.05) is 18.2 Å². The molecule has 0 aliphatic heterocycles. The van der Waals surface area contributed by atoms with Crippen molar-refractivity contribution in [2.24, 2.45) is 12.8 Å². The predicted molar refractivity (Wildman–Crippen MR) is 146 cm³/mol. The van der Waals surface area contributed by atoms with Crippen molar-refractivity contribution in [1.29, 1.82) is 0 Å². The van der Waals surface area contributed by atoms with Gasteiger partial charge < -0.3 is 25.1 Å². The monoisotopic (exact) mass is 530 g/mol. The Hall–Kier alpha value is -4.60. The van der Waals surface area contributed by atoms with Crippen molar-refractivity contribution in [3.8, 4) is 5.75 Å². The Labute approximate surface area is 224 Å². The zero-order valence-electron chi connectivity index (χ0n) is 21.8. The third-order valence-electron chi connectivity index (χ3n) is 7.32. The summed E-state index contributed by atoms with van der Waals surface area (Å²) in [6.07, 6.45) is 1.40. The van der Waals surface area contributed by atoms with Crippen LogP contribution in [0.1, 0.15) is 46.5 Å². The summed E-state index contributed by atoms with van der Waals surface area (Å²) in [4.78, 5) is 51.8. The minimum absolute atomic E-state index is 0.141. The number of fused-ring (bicyclic) bond motifs is 3. The summed E-state index contributed by atoms with van der Waals surface area (Å²) in [7, 11) is 3.13. The van der Waals surface area contributed by atoms with E-state index in [4.69, 9.17) is 15.2 Å². The molecule has 3 N–H and O–H groups in total. The maximum Gasteiger partial charge on any atom is 0.404 e. The maximum atomic E-state index is 13.9. The number of rotatable bonds is 7. The number of hydrogen-bond donors (Lipinski definition) is 2. The third kappa shape index (κ3) is 4.85. The Kier molecular flexibility index (Phi) is 7.10. The number of nitrogens with one attached hydrogen (secondary N) is 1. The zero-order chi connectivity index (χ0) is 27.7. The van der Waals surface area contributed by atoms with Crippen molar-refractivity contribution in [3.05, 3.63) is 76.2 Å². The highest BCUT2D eigenvalue weighted by molar-refractivity contribution is 6.12. The number of ketones is 1. The van der Waals surface area contributed by atoms with Crippen molar-refractivity contribution >= 4 is 39.6 Å². The van der Waals surface area contributed by atoms with Gasteiger partial charge in [-0.15, -0.1) is 0 Å². The number of para-hydroxylation sites is 1. The first-order valence-corrected chi connectivity index (χ1v) is 12.8. The minimum Gasteiger partial charge on any atom is -0.493 e. The number of aromatic nitrogens is 2. The fourth-order valence-electron chi connectivity index (χ4n) is 5.60. The molecule has 2 heterocycles. The number of ether oxygens (including phenoxy) is 2. The topological polar surface area (TPSA) is 135 Å². The Bertz CT molecular complexity index is 1640. The number of Topliss-reactive ketones (excluding diaryl/α,β-unsaturated/α-hetero) is 1. The molecule has 2 aromatic heterocycles. The Morgan fingerprint density at radius 1 is 1.05 bits per heavy atom. The molecule has 10 heteroatoms. The molecule has 10 nitrogen and oxygen atoms in total. The Morgan fingerprint density at radius 3 is 2.49 bits per heavy atom. The summed E-state index contributed by atoms with van der Waals surface area (Å²) in [6.45, 7) is -0.164. The molecular formula is C29H30N4O6. The van der Waals surface area contributed by atoms with Gasteiger partial charge in [0, 0.05) is 30.5 Å². The van der Waals surface area contributed by atoms with Crippen LogP contribution in [0.3, 0.4) is 0 Å². The molecule has 1 saturated carbocycles. The molecule has 0 bridgehead atoms. The van der Waals surface area contributed by atoms with Crippen molar-refractivity contribution in [2.45, 2.75) is 44.4 Å². The fraction of sp³-hybridized carbons (Fsp3) is 0.310. The van der Waals surface area contributed by atoms with E-state index in [0.29, 0.717) is 41.2 Å². The van der Waals surface area contributed by atoms with Gasteiger partial charge in [0.1, 0.15) is 11.5 Å². The van der Waals surface area contributed by atoms with Crippen LogP contribution in [-0.4, -0.2) is 46.2 Å². The highest BCUT2D eigenvalue weighted by Gasteiger charge is 2.31. The van der Waals surface area contributed by atoms with Gasteiger partial charge >= 0.3 is 6.09 Å². The van der Waals surface area contributed by atoms with Crippen molar-refractivity contribution in [3.63, 3.8) is 0 Å². The van der Waals surface area contributed by atoms with Gasteiger partial charge in [-0.25, -0.2) is 4.79 Å². The number of primary amides is 1. The number of aryl methyl sites for hydroxylation is 1. The second-order valence-corrected chi connectivity index (χ2v) is 9.76. The van der Waals surface area contributed by atoms with E-state index in [0.717, 1.165) is 6.42 Å². The van der Waals surface area contributed by atoms with Gasteiger partial charge in [0.25, 0.3) is 11.5 Å². The first-order chi connectivity index (χ1) is 18.8. The van der Waals surface area contributed by atoms with E-state index < -0.39 is 17.6 Å². The SMILES string of the molecule is COc1c(C(=O)NC2CCCC(OC(N)=O)C2)n(C)c2c1c(=O)n(CC(=O)c1ccccc1)c1ccccc21. The maximum absolute atomic E-state index is 13.9. The van der Waals surface area contributed by atoms with Crippen LogP contribution in [0.25, 0.3) is 21.8 Å². The quantitative estimate of drug-likeness (QED) is 0.351. The van der Waals surface area contributed by atoms with Crippen molar-refractivity contribution in [2.75, 3.05) is 7.11 Å². The summed E-state index contributed by atoms with van der Waals surface area (Å²) in [6, 6.07) is 15.8. The molecular weight excluding hydrogens is 500 g/mol. The van der Waals surface area contributed by atoms with Gasteiger partial charge in [-0.2, -0.15) is 0 Å². The van der Waals surface area contributed by atoms with Crippen LogP contribution in [0.4, 0.5) is 4.79 Å². The minimum atomic E-state index is -0.837. The van der Waals surface area contributed by atoms with Gasteiger partial charge in [-0.05, 0) is 25.3 Å². The van der Waals surface area contributed by atoms with E-state index in [-0.39, 0.29) is 41.3 Å². The van der Waals surface area contributed by atoms with E-state index in [9.17, 15) is 19.2 Å². The number of carbonyl (C=O) groups is 3. The van der Waals surface area contributed by atoms with Crippen LogP contribution in [0.2, 0.25) is 0 Å². The van der Waals surface area contributed by atoms with Gasteiger partial charge in [0.15, 0.2) is 17.2 Å². The van der Waals surface area contributed by atoms with Crippen molar-refractivity contribution in [1.82, 2.24) is 14.5 Å². The Morgan fingerprint density at radius 2 is 1.77 bits per heavy atom. The van der Waals surface area contributed by atoms with E-state index in [2.05, 4.69) is 5.32 Å². The van der Waals surface area contributed by atoms with Crippen LogP contribution in [0.15, 0.2) is 59.4 Å². The largest absolute Gasteiger partial charge is 0.493 e. The lowest BCUT2D eigenvalue weighted by Crippen LogP contribution is -2.42. The molecule has 202 valence electrons. The molecule has 2 amide bonds. The molecule has 39 heavy (non-hydrogen) atoms. The first kappa shape index (κ1) is 26.0. The highest BCUT2D eigenvalue weighted by Crippen LogP contribution is 2.35. The summed E-state index contributed by atoms with van der Waals surface area (Å²) in [5, 5.41) is 3.95. The first-order valence-electron chi connectivity index (χ1n) is 12.8. The highest BCUT2D eigenvalue weighted by atomic mass is 16.6. The molecule has 2 aromatic carbocycles. The Balaban J connectivity index is 1.59. The lowest BCUT2D eigenvalue weighted by atomic mass is 9.92. The smallest absolute Gasteiger partial charge is 0.404 e. The number of nitrogens with two attached hydrogens (primary N) is 1. The fourth-order valence-corrected chi connectivity index (χ4v) is 5.60. The standard InChI is InChI=1S/C29H30N4O6/c1-32-24-20-13-6-7-14-21(20)33(16-22(34)17-9-4-3-5-10-17)28(36)23(24)26(38-2)25(32)27(35)31-18-11-8-12-19(15-18)39-29(30)37/h3-7,9-10,13-14,18-19H,8,11-12,15-16H2,1-2H3,(H2,30,37)(H,31,35). The molecule has 2 atom stereocenters. The number of benzene rings is 2. The number of amides is 2. The van der Waals surface area contributed by atoms with Crippen LogP contribution >= 0.6 is 0 Å². The number of carbonyl (C=O) groups excluding carboxylic acids is 3. The summed E-state index contributed by atoms with van der Waals surface area (Å²) < 4.78 is 13.9. The van der Waals surface area contributed by atoms with Crippen molar-refractivity contribution < 1.29 is 23.9 Å². The van der Waals surface area contributed by atoms with E-state index in [1.165, 1.54) is 11.7 Å². The van der Waals surface area contributed by atoms with Crippen LogP contribution < -0.4 is 21.3 Å². The lowest BCUT2D eigenvalue weighted by Gasteiger charge is -2.29. The molecule has 0 radical (unpaired) electrons. The predicted octanol–water partition coefficient (Wildman–Crippen LogP) is 3.52. The van der Waals surface area contributed by atoms with Crippen LogP contribution in [0, 0.1) is 0 Å². The normalized spacial score (nSPS) is 17.2. The summed E-state index contributed by atoms with van der Waals surface area (Å²) >= 11 is 0. The van der Waals surface area contributed by atoms with Crippen LogP contribution in [0.5, 0.6) is 5.75 Å². The number of pyridine rings is 1. The average molecular weight is 531 g/mol. The van der Waals surface area contributed by atoms with E-state index >= 15 is 0 Å². The molecule has 0 spiro atoms. The molecule has 5 rings (SSSR count). The molecule has 2 unspecified atom stereocenters. The zero-order valence-corrected chi connectivity index (χ0v) is 21.8. The molecule has 1 aliphatic rings. The van der Waals surface area contributed by atoms with Gasteiger partial charge in [0.05, 0.1) is 24.7 Å². The van der Waals surface area contributed by atoms with Gasteiger partial charge in [-0.3, -0.25) is 19.0 Å².